The number of nitrogens with two attached hydrogens (primary N) is 1. The second-order valence-corrected chi connectivity index (χ2v) is 5.11. The molecular formula is C15H19ClN4O3. The Bertz CT molecular complexity index is 689. The number of carbonyl (C=O) groups excluding carboxylic acids is 1. The Kier molecular flexibility index (Phi) is 5.46. The molecule has 1 aromatic heterocycles. The number of rotatable bonds is 5. The van der Waals surface area contributed by atoms with Crippen LogP contribution in [0.15, 0.2) is 24.4 Å². The lowest BCUT2D eigenvalue weighted by atomic mass is 10.1. The number of halogens is 1. The van der Waals surface area contributed by atoms with Crippen LogP contribution in [0.1, 0.15) is 19.8 Å². The van der Waals surface area contributed by atoms with E-state index in [0.29, 0.717) is 23.7 Å². The molecule has 1 aliphatic heterocycles. The highest BCUT2D eigenvalue weighted by molar-refractivity contribution is 5.97. The van der Waals surface area contributed by atoms with E-state index in [1.54, 1.807) is 6.20 Å². The quantitative estimate of drug-likeness (QED) is 0.776. The third-order valence-electron chi connectivity index (χ3n) is 3.51. The first-order valence-electron chi connectivity index (χ1n) is 7.19. The summed E-state index contributed by atoms with van der Waals surface area (Å²) in [7, 11) is 0. The van der Waals surface area contributed by atoms with E-state index in [-0.39, 0.29) is 25.1 Å². The average molecular weight is 339 g/mol. The molecule has 0 aliphatic carbocycles. The fraction of sp³-hybridized carbons (Fsp3) is 0.333. The number of H-pyrrole nitrogens is 1. The molecule has 2 aromatic rings. The van der Waals surface area contributed by atoms with Crippen LogP contribution in [0.2, 0.25) is 0 Å². The van der Waals surface area contributed by atoms with Crippen molar-refractivity contribution in [1.29, 1.82) is 0 Å². The summed E-state index contributed by atoms with van der Waals surface area (Å²) < 4.78 is 10.7. The summed E-state index contributed by atoms with van der Waals surface area (Å²) in [5, 5.41) is 9.58. The van der Waals surface area contributed by atoms with Crippen molar-refractivity contribution in [2.24, 2.45) is 5.73 Å². The molecule has 1 aliphatic rings. The summed E-state index contributed by atoms with van der Waals surface area (Å²) in [6, 6.07) is 5.05. The van der Waals surface area contributed by atoms with Crippen molar-refractivity contribution < 1.29 is 14.3 Å². The van der Waals surface area contributed by atoms with Gasteiger partial charge in [0, 0.05) is 5.56 Å². The van der Waals surface area contributed by atoms with E-state index < -0.39 is 6.04 Å². The molecule has 4 N–H and O–H groups in total. The highest BCUT2D eigenvalue weighted by atomic mass is 35.5. The molecule has 0 spiro atoms. The van der Waals surface area contributed by atoms with Gasteiger partial charge < -0.3 is 20.5 Å². The minimum atomic E-state index is -0.530. The number of anilines is 1. The lowest BCUT2D eigenvalue weighted by molar-refractivity contribution is -0.117. The van der Waals surface area contributed by atoms with E-state index in [9.17, 15) is 4.79 Å². The molecule has 0 saturated carbocycles. The normalized spacial score (nSPS) is 13.3. The third kappa shape index (κ3) is 3.57. The second-order valence-electron chi connectivity index (χ2n) is 5.11. The van der Waals surface area contributed by atoms with E-state index in [1.165, 1.54) is 0 Å². The molecule has 1 amide bonds. The summed E-state index contributed by atoms with van der Waals surface area (Å²) >= 11 is 0. The lowest BCUT2D eigenvalue weighted by Crippen LogP contribution is -2.35. The summed E-state index contributed by atoms with van der Waals surface area (Å²) in [5.41, 5.74) is 7.47. The fourth-order valence-electron chi connectivity index (χ4n) is 2.32. The number of amides is 1. The maximum atomic E-state index is 12.0. The Morgan fingerprint density at radius 1 is 1.43 bits per heavy atom. The number of hydrogen-bond acceptors (Lipinski definition) is 5. The Morgan fingerprint density at radius 3 is 3.00 bits per heavy atom. The van der Waals surface area contributed by atoms with Crippen molar-refractivity contribution in [1.82, 2.24) is 10.2 Å². The molecule has 1 unspecified atom stereocenters. The minimum absolute atomic E-state index is 0. The largest absolute Gasteiger partial charge is 0.454 e. The van der Waals surface area contributed by atoms with Crippen molar-refractivity contribution in [2.45, 2.75) is 25.8 Å². The molecule has 8 heteroatoms. The monoisotopic (exact) mass is 338 g/mol. The van der Waals surface area contributed by atoms with Gasteiger partial charge in [0.2, 0.25) is 12.7 Å². The number of nitrogens with one attached hydrogen (secondary N) is 2. The van der Waals surface area contributed by atoms with E-state index in [1.807, 2.05) is 25.1 Å². The standard InChI is InChI=1S/C15H18N4O3.ClH/c1-2-3-11(16)15(20)18-14-10(7-17-19-14)9-4-5-12-13(6-9)22-8-21-12;/h4-7,11H,2-3,8,16H2,1H3,(H2,17,18,19,20);1H. The Hall–Kier alpha value is -2.25. The summed E-state index contributed by atoms with van der Waals surface area (Å²) in [6.07, 6.45) is 3.14. The zero-order chi connectivity index (χ0) is 15.5. The fourth-order valence-corrected chi connectivity index (χ4v) is 2.32. The molecular weight excluding hydrogens is 320 g/mol. The number of aromatic amines is 1. The number of carbonyl (C=O) groups is 1. The molecule has 1 aromatic carbocycles. The smallest absolute Gasteiger partial charge is 0.242 e. The first-order chi connectivity index (χ1) is 10.7. The van der Waals surface area contributed by atoms with Crippen LogP contribution in [0.5, 0.6) is 11.5 Å². The zero-order valence-electron chi connectivity index (χ0n) is 12.7. The van der Waals surface area contributed by atoms with Crippen molar-refractivity contribution >= 4 is 24.1 Å². The molecule has 0 radical (unpaired) electrons. The predicted octanol–water partition coefficient (Wildman–Crippen LogP) is 2.29. The van der Waals surface area contributed by atoms with Crippen LogP contribution < -0.4 is 20.5 Å². The van der Waals surface area contributed by atoms with Gasteiger partial charge in [0.05, 0.1) is 12.2 Å². The van der Waals surface area contributed by atoms with Gasteiger partial charge in [0.25, 0.3) is 0 Å². The lowest BCUT2D eigenvalue weighted by Gasteiger charge is -2.11. The molecule has 0 saturated heterocycles. The molecule has 7 nitrogen and oxygen atoms in total. The molecule has 2 heterocycles. The van der Waals surface area contributed by atoms with Crippen LogP contribution in [-0.4, -0.2) is 28.9 Å². The van der Waals surface area contributed by atoms with Gasteiger partial charge in [-0.1, -0.05) is 19.4 Å². The van der Waals surface area contributed by atoms with Gasteiger partial charge >= 0.3 is 0 Å². The molecule has 0 fully saturated rings. The van der Waals surface area contributed by atoms with Crippen LogP contribution in [0.4, 0.5) is 5.82 Å². The van der Waals surface area contributed by atoms with Gasteiger partial charge in [0.15, 0.2) is 11.5 Å². The number of ether oxygens (including phenoxy) is 2. The highest BCUT2D eigenvalue weighted by Crippen LogP contribution is 2.37. The number of hydrogen-bond donors (Lipinski definition) is 3. The molecule has 124 valence electrons. The maximum absolute atomic E-state index is 12.0. The first-order valence-corrected chi connectivity index (χ1v) is 7.19. The third-order valence-corrected chi connectivity index (χ3v) is 3.51. The van der Waals surface area contributed by atoms with Crippen molar-refractivity contribution in [3.8, 4) is 22.6 Å². The van der Waals surface area contributed by atoms with E-state index >= 15 is 0 Å². The number of nitrogens with zero attached hydrogens (tertiary/aromatic N) is 1. The van der Waals surface area contributed by atoms with Gasteiger partial charge in [-0.15, -0.1) is 12.4 Å². The molecule has 3 rings (SSSR count). The Morgan fingerprint density at radius 2 is 2.22 bits per heavy atom. The summed E-state index contributed by atoms with van der Waals surface area (Å²) in [6.45, 7) is 2.21. The van der Waals surface area contributed by atoms with Crippen LogP contribution >= 0.6 is 12.4 Å². The van der Waals surface area contributed by atoms with Gasteiger partial charge in [0.1, 0.15) is 5.82 Å². The summed E-state index contributed by atoms with van der Waals surface area (Å²) in [4.78, 5) is 12.0. The van der Waals surface area contributed by atoms with Gasteiger partial charge in [-0.3, -0.25) is 9.89 Å². The van der Waals surface area contributed by atoms with Crippen LogP contribution in [-0.2, 0) is 4.79 Å². The van der Waals surface area contributed by atoms with E-state index in [2.05, 4.69) is 15.5 Å². The second kappa shape index (κ2) is 7.34. The Labute approximate surface area is 140 Å². The van der Waals surface area contributed by atoms with E-state index in [0.717, 1.165) is 17.5 Å². The number of aromatic nitrogens is 2. The zero-order valence-corrected chi connectivity index (χ0v) is 13.5. The Balaban J connectivity index is 0.00000192. The average Bonchev–Trinajstić information content (AvgIpc) is 3.15. The topological polar surface area (TPSA) is 102 Å². The van der Waals surface area contributed by atoms with Gasteiger partial charge in [-0.25, -0.2) is 0 Å². The number of benzene rings is 1. The van der Waals surface area contributed by atoms with Crippen LogP contribution in [0, 0.1) is 0 Å². The van der Waals surface area contributed by atoms with Gasteiger partial charge in [-0.05, 0) is 24.1 Å². The maximum Gasteiger partial charge on any atom is 0.242 e. The van der Waals surface area contributed by atoms with Crippen molar-refractivity contribution in [3.63, 3.8) is 0 Å². The van der Waals surface area contributed by atoms with Crippen molar-refractivity contribution in [2.75, 3.05) is 12.1 Å². The number of fused-ring (bicyclic) bond motifs is 1. The van der Waals surface area contributed by atoms with Crippen LogP contribution in [0.3, 0.4) is 0 Å². The van der Waals surface area contributed by atoms with Crippen molar-refractivity contribution in [3.05, 3.63) is 24.4 Å². The first kappa shape index (κ1) is 17.1. The minimum Gasteiger partial charge on any atom is -0.454 e. The highest BCUT2D eigenvalue weighted by Gasteiger charge is 2.18. The van der Waals surface area contributed by atoms with Gasteiger partial charge in [-0.2, -0.15) is 5.10 Å². The van der Waals surface area contributed by atoms with E-state index in [4.69, 9.17) is 15.2 Å². The molecule has 0 bridgehead atoms. The molecule has 1 atom stereocenters. The summed E-state index contributed by atoms with van der Waals surface area (Å²) in [5.74, 6) is 1.69. The van der Waals surface area contributed by atoms with Crippen LogP contribution in [0.25, 0.3) is 11.1 Å². The molecule has 23 heavy (non-hydrogen) atoms. The predicted molar refractivity (Wildman–Crippen MR) is 88.9 cm³/mol. The SMILES string of the molecule is CCCC(N)C(=O)Nc1[nH]ncc1-c1ccc2c(c1)OCO2.Cl.